The van der Waals surface area contributed by atoms with Crippen molar-refractivity contribution in [2.75, 3.05) is 0 Å². The second-order valence-corrected chi connectivity index (χ2v) is 4.59. The number of carbonyl (C=O) groups excluding carboxylic acids is 1. The van der Waals surface area contributed by atoms with Gasteiger partial charge in [0.05, 0.1) is 6.04 Å². The lowest BCUT2D eigenvalue weighted by Crippen LogP contribution is -2.40. The zero-order valence-corrected chi connectivity index (χ0v) is 9.68. The first-order valence-electron chi connectivity index (χ1n) is 5.75. The number of hydrogen-bond acceptors (Lipinski definition) is 3. The fourth-order valence-corrected chi connectivity index (χ4v) is 2.68. The zero-order chi connectivity index (χ0) is 12.9. The summed E-state index contributed by atoms with van der Waals surface area (Å²) in [6.07, 6.45) is 0.598. The molecule has 0 saturated heterocycles. The lowest BCUT2D eigenvalue weighted by molar-refractivity contribution is -0.114. The number of primary amides is 1. The molecule has 0 unspecified atom stereocenters. The molecular weight excluding hydrogens is 230 g/mol. The number of nitrogens with zero attached hydrogens (tertiary/aromatic N) is 1. The second kappa shape index (κ2) is 3.60. The van der Waals surface area contributed by atoms with Crippen LogP contribution in [0.1, 0.15) is 11.1 Å². The number of rotatable bonds is 1. The molecule has 0 aliphatic carbocycles. The van der Waals surface area contributed by atoms with E-state index in [4.69, 9.17) is 11.1 Å². The predicted molar refractivity (Wildman–Crippen MR) is 66.1 cm³/mol. The van der Waals surface area contributed by atoms with Gasteiger partial charge in [-0.2, -0.15) is 0 Å². The van der Waals surface area contributed by atoms with Crippen LogP contribution >= 0.6 is 0 Å². The Morgan fingerprint density at radius 2 is 2.06 bits per heavy atom. The first-order valence-corrected chi connectivity index (χ1v) is 5.75. The fraction of sp³-hybridized carbons (Fsp3) is 0.231. The minimum atomic E-state index is -0.740. The van der Waals surface area contributed by atoms with Gasteiger partial charge in [-0.15, -0.1) is 0 Å². The zero-order valence-electron chi connectivity index (χ0n) is 9.68. The average Bonchev–Trinajstić information content (AvgIpc) is 2.59. The van der Waals surface area contributed by atoms with E-state index < -0.39 is 5.91 Å². The summed E-state index contributed by atoms with van der Waals surface area (Å²) in [5, 5.41) is 18.0. The Morgan fingerprint density at radius 1 is 1.39 bits per heavy atom. The summed E-state index contributed by atoms with van der Waals surface area (Å²) in [6.45, 7) is 0.528. The molecule has 4 N–H and O–H groups in total. The third kappa shape index (κ3) is 1.33. The molecule has 5 heteroatoms. The van der Waals surface area contributed by atoms with Crippen LogP contribution < -0.4 is 5.73 Å². The highest BCUT2D eigenvalue weighted by Gasteiger charge is 2.41. The molecule has 92 valence electrons. The van der Waals surface area contributed by atoms with E-state index in [9.17, 15) is 9.90 Å². The van der Waals surface area contributed by atoms with Crippen molar-refractivity contribution in [1.29, 1.82) is 5.41 Å². The normalized spacial score (nSPS) is 21.9. The Kier molecular flexibility index (Phi) is 2.16. The van der Waals surface area contributed by atoms with Crippen molar-refractivity contribution in [3.8, 4) is 0 Å². The largest absolute Gasteiger partial charge is 0.509 e. The van der Waals surface area contributed by atoms with E-state index >= 15 is 0 Å². The number of amides is 1. The van der Waals surface area contributed by atoms with E-state index in [2.05, 4.69) is 0 Å². The Balaban J connectivity index is 2.04. The van der Waals surface area contributed by atoms with Gasteiger partial charge in [0.15, 0.2) is 0 Å². The van der Waals surface area contributed by atoms with Crippen molar-refractivity contribution < 1.29 is 9.90 Å². The van der Waals surface area contributed by atoms with Crippen molar-refractivity contribution >= 4 is 11.7 Å². The van der Waals surface area contributed by atoms with Crippen molar-refractivity contribution in [2.24, 2.45) is 5.73 Å². The lowest BCUT2D eigenvalue weighted by atomic mass is 9.94. The first-order chi connectivity index (χ1) is 8.59. The molecule has 1 atom stereocenters. The molecule has 0 saturated carbocycles. The van der Waals surface area contributed by atoms with E-state index in [1.54, 1.807) is 4.90 Å². The number of benzene rings is 1. The van der Waals surface area contributed by atoms with Gasteiger partial charge < -0.3 is 15.7 Å². The molecule has 2 aliphatic rings. The second-order valence-electron chi connectivity index (χ2n) is 4.59. The molecule has 0 bridgehead atoms. The molecule has 2 aliphatic heterocycles. The van der Waals surface area contributed by atoms with Gasteiger partial charge in [0.1, 0.15) is 17.2 Å². The highest BCUT2D eigenvalue weighted by Crippen LogP contribution is 2.33. The molecule has 1 amide bonds. The van der Waals surface area contributed by atoms with Crippen LogP contribution in [0, 0.1) is 5.41 Å². The molecule has 3 rings (SSSR count). The predicted octanol–water partition coefficient (Wildman–Crippen LogP) is 0.702. The summed E-state index contributed by atoms with van der Waals surface area (Å²) in [7, 11) is 0. The summed E-state index contributed by atoms with van der Waals surface area (Å²) < 4.78 is 0. The van der Waals surface area contributed by atoms with Crippen LogP contribution in [0.5, 0.6) is 0 Å². The number of carbonyl (C=O) groups is 1. The molecule has 0 spiro atoms. The highest BCUT2D eigenvalue weighted by atomic mass is 16.3. The SMILES string of the molecule is N=C1C(C(N)=O)=C(O)[C@H]2Cc3ccccc3CN12. The van der Waals surface area contributed by atoms with Crippen LogP contribution in [0.2, 0.25) is 0 Å². The molecule has 2 heterocycles. The van der Waals surface area contributed by atoms with Gasteiger partial charge >= 0.3 is 0 Å². The van der Waals surface area contributed by atoms with Crippen molar-refractivity contribution in [1.82, 2.24) is 4.90 Å². The minimum Gasteiger partial charge on any atom is -0.509 e. The van der Waals surface area contributed by atoms with Gasteiger partial charge in [0.25, 0.3) is 5.91 Å². The highest BCUT2D eigenvalue weighted by molar-refractivity contribution is 6.21. The van der Waals surface area contributed by atoms with E-state index in [1.807, 2.05) is 24.3 Å². The van der Waals surface area contributed by atoms with Crippen molar-refractivity contribution in [3.63, 3.8) is 0 Å². The molecular formula is C13H13N3O2. The fourth-order valence-electron chi connectivity index (χ4n) is 2.68. The first kappa shape index (κ1) is 10.8. The van der Waals surface area contributed by atoms with Crippen molar-refractivity contribution in [3.05, 3.63) is 46.7 Å². The quantitative estimate of drug-likeness (QED) is 0.678. The lowest BCUT2D eigenvalue weighted by Gasteiger charge is -2.32. The van der Waals surface area contributed by atoms with E-state index in [-0.39, 0.29) is 23.2 Å². The Labute approximate surface area is 104 Å². The maximum atomic E-state index is 11.3. The van der Waals surface area contributed by atoms with Gasteiger partial charge in [-0.25, -0.2) is 0 Å². The van der Waals surface area contributed by atoms with E-state index in [1.165, 1.54) is 0 Å². The molecule has 5 nitrogen and oxygen atoms in total. The molecule has 1 aromatic rings. The third-order valence-corrected chi connectivity index (χ3v) is 3.59. The Hall–Kier alpha value is -2.30. The molecule has 0 radical (unpaired) electrons. The standard InChI is InChI=1S/C13H13N3O2/c14-12-10(13(15)18)11(17)9-5-7-3-1-2-4-8(7)6-16(9)12/h1-4,9,14,17H,5-6H2,(H2,15,18)/t9-/m1/s1. The van der Waals surface area contributed by atoms with Gasteiger partial charge in [0, 0.05) is 13.0 Å². The van der Waals surface area contributed by atoms with Crippen LogP contribution in [-0.2, 0) is 17.8 Å². The van der Waals surface area contributed by atoms with Crippen LogP contribution in [0.3, 0.4) is 0 Å². The molecule has 1 aromatic carbocycles. The third-order valence-electron chi connectivity index (χ3n) is 3.59. The number of aliphatic hydroxyl groups is 1. The van der Waals surface area contributed by atoms with E-state index in [0.29, 0.717) is 13.0 Å². The Morgan fingerprint density at radius 3 is 2.72 bits per heavy atom. The minimum absolute atomic E-state index is 0.0273. The van der Waals surface area contributed by atoms with Gasteiger partial charge in [0.2, 0.25) is 0 Å². The topological polar surface area (TPSA) is 90.4 Å². The number of amidine groups is 1. The van der Waals surface area contributed by atoms with Crippen LogP contribution in [0.25, 0.3) is 0 Å². The van der Waals surface area contributed by atoms with E-state index in [0.717, 1.165) is 11.1 Å². The van der Waals surface area contributed by atoms with Crippen LogP contribution in [0.15, 0.2) is 35.6 Å². The summed E-state index contributed by atoms with van der Waals surface area (Å²) in [4.78, 5) is 13.0. The molecule has 18 heavy (non-hydrogen) atoms. The van der Waals surface area contributed by atoms with Gasteiger partial charge in [-0.05, 0) is 11.1 Å². The number of hydrogen-bond donors (Lipinski definition) is 3. The number of nitrogens with two attached hydrogens (primary N) is 1. The Bertz CT molecular complexity index is 592. The number of aliphatic hydroxyl groups excluding tert-OH is 1. The average molecular weight is 243 g/mol. The van der Waals surface area contributed by atoms with Crippen LogP contribution in [0.4, 0.5) is 0 Å². The number of nitrogens with one attached hydrogen (secondary N) is 1. The van der Waals surface area contributed by atoms with Gasteiger partial charge in [-0.3, -0.25) is 10.2 Å². The molecule has 0 aromatic heterocycles. The maximum Gasteiger partial charge on any atom is 0.255 e. The van der Waals surface area contributed by atoms with Crippen molar-refractivity contribution in [2.45, 2.75) is 19.0 Å². The monoisotopic (exact) mass is 243 g/mol. The summed E-state index contributed by atoms with van der Waals surface area (Å²) in [5.41, 5.74) is 7.43. The van der Waals surface area contributed by atoms with Gasteiger partial charge in [-0.1, -0.05) is 24.3 Å². The number of fused-ring (bicyclic) bond motifs is 2. The molecule has 0 fully saturated rings. The summed E-state index contributed by atoms with van der Waals surface area (Å²) in [6, 6.07) is 7.57. The smallest absolute Gasteiger partial charge is 0.255 e. The summed E-state index contributed by atoms with van der Waals surface area (Å²) in [5.74, 6) is -0.780. The summed E-state index contributed by atoms with van der Waals surface area (Å²) >= 11 is 0. The maximum absolute atomic E-state index is 11.3. The van der Waals surface area contributed by atoms with Crippen LogP contribution in [-0.4, -0.2) is 27.8 Å².